The molecule has 0 radical (unpaired) electrons. The second-order valence-electron chi connectivity index (χ2n) is 3.68. The van der Waals surface area contributed by atoms with Crippen LogP contribution in [0.3, 0.4) is 0 Å². The van der Waals surface area contributed by atoms with Gasteiger partial charge in [-0.25, -0.2) is 0 Å². The number of carbonyl (C=O) groups excluding carboxylic acids is 1. The molecule has 0 aliphatic rings. The Bertz CT molecular complexity index is 384. The van der Waals surface area contributed by atoms with Crippen molar-refractivity contribution in [1.29, 1.82) is 0 Å². The summed E-state index contributed by atoms with van der Waals surface area (Å²) >= 11 is 0. The number of nitrogen functional groups attached to an aromatic ring is 1. The predicted octanol–water partition coefficient (Wildman–Crippen LogP) is 1.49. The number of nitrogens with two attached hydrogens (primary N) is 1. The first-order valence-corrected chi connectivity index (χ1v) is 5.14. The molecule has 1 aromatic carbocycles. The zero-order chi connectivity index (χ0) is 12.1. The van der Waals surface area contributed by atoms with Gasteiger partial charge in [0.15, 0.2) is 5.78 Å². The molecule has 0 heterocycles. The summed E-state index contributed by atoms with van der Waals surface area (Å²) in [7, 11) is 0. The van der Waals surface area contributed by atoms with Gasteiger partial charge in [0.1, 0.15) is 5.92 Å². The van der Waals surface area contributed by atoms with Crippen LogP contribution in [0.25, 0.3) is 0 Å². The van der Waals surface area contributed by atoms with E-state index in [0.717, 1.165) is 5.56 Å². The summed E-state index contributed by atoms with van der Waals surface area (Å²) < 4.78 is 0. The Morgan fingerprint density at radius 3 is 2.31 bits per heavy atom. The van der Waals surface area contributed by atoms with Crippen molar-refractivity contribution in [1.82, 2.24) is 0 Å². The molecule has 0 amide bonds. The molecule has 1 unspecified atom stereocenters. The van der Waals surface area contributed by atoms with Crippen molar-refractivity contribution in [2.75, 3.05) is 5.73 Å². The minimum Gasteiger partial charge on any atom is -0.481 e. The molecule has 0 saturated heterocycles. The number of rotatable bonds is 5. The summed E-state index contributed by atoms with van der Waals surface area (Å²) in [6.07, 6.45) is 0.466. The van der Waals surface area contributed by atoms with Crippen LogP contribution in [0, 0.1) is 5.92 Å². The lowest BCUT2D eigenvalue weighted by atomic mass is 9.96. The van der Waals surface area contributed by atoms with Gasteiger partial charge >= 0.3 is 5.97 Å². The molecule has 86 valence electrons. The quantitative estimate of drug-likeness (QED) is 0.583. The van der Waals surface area contributed by atoms with Crippen molar-refractivity contribution in [3.63, 3.8) is 0 Å². The average molecular weight is 221 g/mol. The first-order chi connectivity index (χ1) is 7.54. The van der Waals surface area contributed by atoms with E-state index >= 15 is 0 Å². The van der Waals surface area contributed by atoms with E-state index in [1.165, 1.54) is 0 Å². The Morgan fingerprint density at radius 2 is 1.88 bits per heavy atom. The van der Waals surface area contributed by atoms with Crippen LogP contribution in [0.1, 0.15) is 18.9 Å². The highest BCUT2D eigenvalue weighted by Gasteiger charge is 2.23. The molecule has 4 nitrogen and oxygen atoms in total. The summed E-state index contributed by atoms with van der Waals surface area (Å²) in [6.45, 7) is 1.69. The van der Waals surface area contributed by atoms with Crippen LogP contribution < -0.4 is 5.73 Å². The number of carboxylic acid groups (broad SMARTS) is 1. The Morgan fingerprint density at radius 1 is 1.31 bits per heavy atom. The van der Waals surface area contributed by atoms with Gasteiger partial charge in [-0.15, -0.1) is 0 Å². The van der Waals surface area contributed by atoms with Gasteiger partial charge in [-0.05, 0) is 24.1 Å². The first kappa shape index (κ1) is 12.2. The third-order valence-corrected chi connectivity index (χ3v) is 2.45. The monoisotopic (exact) mass is 221 g/mol. The highest BCUT2D eigenvalue weighted by atomic mass is 16.4. The van der Waals surface area contributed by atoms with Gasteiger partial charge in [0, 0.05) is 12.1 Å². The van der Waals surface area contributed by atoms with Crippen LogP contribution in [-0.4, -0.2) is 16.9 Å². The number of benzene rings is 1. The molecular weight excluding hydrogens is 206 g/mol. The third-order valence-electron chi connectivity index (χ3n) is 2.45. The zero-order valence-electron chi connectivity index (χ0n) is 9.14. The van der Waals surface area contributed by atoms with Gasteiger partial charge < -0.3 is 10.8 Å². The van der Waals surface area contributed by atoms with E-state index in [1.54, 1.807) is 31.2 Å². The van der Waals surface area contributed by atoms with E-state index in [2.05, 4.69) is 0 Å². The number of ketones is 1. The van der Waals surface area contributed by atoms with Gasteiger partial charge in [-0.1, -0.05) is 19.1 Å². The molecule has 0 aromatic heterocycles. The SMILES string of the molecule is CCC(C(=O)O)C(=O)Cc1ccc(N)cc1. The average Bonchev–Trinajstić information content (AvgIpc) is 2.22. The molecule has 0 aliphatic carbocycles. The van der Waals surface area contributed by atoms with Crippen molar-refractivity contribution < 1.29 is 14.7 Å². The molecule has 3 N–H and O–H groups in total. The number of aliphatic carboxylic acids is 1. The summed E-state index contributed by atoms with van der Waals surface area (Å²) in [4.78, 5) is 22.4. The van der Waals surface area contributed by atoms with Gasteiger partial charge in [0.2, 0.25) is 0 Å². The van der Waals surface area contributed by atoms with Crippen LogP contribution in [0.15, 0.2) is 24.3 Å². The van der Waals surface area contributed by atoms with E-state index in [9.17, 15) is 9.59 Å². The van der Waals surface area contributed by atoms with Crippen LogP contribution in [0.4, 0.5) is 5.69 Å². The molecule has 1 rings (SSSR count). The van der Waals surface area contributed by atoms with Crippen molar-refractivity contribution >= 4 is 17.4 Å². The highest BCUT2D eigenvalue weighted by Crippen LogP contribution is 2.11. The number of hydrogen-bond donors (Lipinski definition) is 2. The van der Waals surface area contributed by atoms with Gasteiger partial charge in [0.05, 0.1) is 0 Å². The molecule has 0 aliphatic heterocycles. The maximum atomic E-state index is 11.7. The summed E-state index contributed by atoms with van der Waals surface area (Å²) in [5.74, 6) is -2.22. The second-order valence-corrected chi connectivity index (χ2v) is 3.68. The normalized spacial score (nSPS) is 12.1. The standard InChI is InChI=1S/C12H15NO3/c1-2-10(12(15)16)11(14)7-8-3-5-9(13)6-4-8/h3-6,10H,2,7,13H2,1H3,(H,15,16). The van der Waals surface area contributed by atoms with Gasteiger partial charge in [-0.2, -0.15) is 0 Å². The van der Waals surface area contributed by atoms with Crippen LogP contribution in [0.5, 0.6) is 0 Å². The van der Waals surface area contributed by atoms with Crippen LogP contribution in [0.2, 0.25) is 0 Å². The lowest BCUT2D eigenvalue weighted by Crippen LogP contribution is -2.24. The van der Waals surface area contributed by atoms with Crippen molar-refractivity contribution in [3.05, 3.63) is 29.8 Å². The molecule has 4 heteroatoms. The molecule has 0 fully saturated rings. The fourth-order valence-electron chi connectivity index (χ4n) is 1.50. The van der Waals surface area contributed by atoms with Crippen molar-refractivity contribution in [2.45, 2.75) is 19.8 Å². The first-order valence-electron chi connectivity index (χ1n) is 5.14. The fraction of sp³-hybridized carbons (Fsp3) is 0.333. The lowest BCUT2D eigenvalue weighted by molar-refractivity contribution is -0.146. The second kappa shape index (κ2) is 5.30. The molecule has 0 spiro atoms. The molecule has 1 atom stereocenters. The number of hydrogen-bond acceptors (Lipinski definition) is 3. The van der Waals surface area contributed by atoms with Gasteiger partial charge in [-0.3, -0.25) is 9.59 Å². The smallest absolute Gasteiger partial charge is 0.314 e. The van der Waals surface area contributed by atoms with Crippen LogP contribution >= 0.6 is 0 Å². The molecule has 0 bridgehead atoms. The summed E-state index contributed by atoms with van der Waals surface area (Å²) in [5.41, 5.74) is 6.93. The Kier molecular flexibility index (Phi) is 4.05. The van der Waals surface area contributed by atoms with Crippen LogP contribution in [-0.2, 0) is 16.0 Å². The van der Waals surface area contributed by atoms with E-state index in [4.69, 9.17) is 10.8 Å². The van der Waals surface area contributed by atoms with E-state index in [0.29, 0.717) is 12.1 Å². The Hall–Kier alpha value is -1.84. The maximum absolute atomic E-state index is 11.7. The predicted molar refractivity (Wildman–Crippen MR) is 61.0 cm³/mol. The summed E-state index contributed by atoms with van der Waals surface area (Å²) in [5, 5.41) is 8.82. The van der Waals surface area contributed by atoms with Crippen molar-refractivity contribution in [2.24, 2.45) is 5.92 Å². The largest absolute Gasteiger partial charge is 0.481 e. The minimum atomic E-state index is -1.05. The highest BCUT2D eigenvalue weighted by molar-refractivity contribution is 5.99. The molecule has 16 heavy (non-hydrogen) atoms. The third kappa shape index (κ3) is 3.08. The molecule has 1 aromatic rings. The van der Waals surface area contributed by atoms with E-state index < -0.39 is 11.9 Å². The van der Waals surface area contributed by atoms with E-state index in [1.807, 2.05) is 0 Å². The topological polar surface area (TPSA) is 80.4 Å². The van der Waals surface area contributed by atoms with Crippen molar-refractivity contribution in [3.8, 4) is 0 Å². The lowest BCUT2D eigenvalue weighted by Gasteiger charge is -2.08. The molecular formula is C12H15NO3. The number of carboxylic acids is 1. The van der Waals surface area contributed by atoms with E-state index in [-0.39, 0.29) is 12.2 Å². The zero-order valence-corrected chi connectivity index (χ0v) is 9.14. The maximum Gasteiger partial charge on any atom is 0.314 e. The molecule has 0 saturated carbocycles. The fourth-order valence-corrected chi connectivity index (χ4v) is 1.50. The van der Waals surface area contributed by atoms with Gasteiger partial charge in [0.25, 0.3) is 0 Å². The Labute approximate surface area is 94.1 Å². The summed E-state index contributed by atoms with van der Waals surface area (Å²) in [6, 6.07) is 6.87. The Balaban J connectivity index is 2.70. The number of carbonyl (C=O) groups is 2. The number of Topliss-reactive ketones (excluding diaryl/α,β-unsaturated/α-hetero) is 1. The minimum absolute atomic E-state index is 0.144. The number of anilines is 1.